The van der Waals surface area contributed by atoms with Crippen molar-refractivity contribution in [1.82, 2.24) is 0 Å². The Labute approximate surface area is 103 Å². The van der Waals surface area contributed by atoms with Crippen LogP contribution in [0.25, 0.3) is 0 Å². The average Bonchev–Trinajstić information content (AvgIpc) is 2.19. The molecular formula is C14H32NP. The third-order valence-electron chi connectivity index (χ3n) is 3.07. The Morgan fingerprint density at radius 2 is 1.06 bits per heavy atom. The van der Waals surface area contributed by atoms with E-state index >= 15 is 0 Å². The summed E-state index contributed by atoms with van der Waals surface area (Å²) in [6, 6.07) is 0. The van der Waals surface area contributed by atoms with Crippen molar-refractivity contribution in [2.45, 2.75) is 71.1 Å². The zero-order valence-electron chi connectivity index (χ0n) is 11.7. The molecule has 16 heavy (non-hydrogen) atoms. The van der Waals surface area contributed by atoms with Crippen LogP contribution in [0.3, 0.4) is 0 Å². The van der Waals surface area contributed by atoms with E-state index in [-0.39, 0.29) is 0 Å². The highest BCUT2D eigenvalue weighted by atomic mass is 31.2. The second-order valence-electron chi connectivity index (χ2n) is 5.59. The minimum atomic E-state index is -1.24. The molecular weight excluding hydrogens is 213 g/mol. The Hall–Kier alpha value is 0.230. The second kappa shape index (κ2) is 10.4. The number of nitrogens with one attached hydrogen (secondary N) is 1. The van der Waals surface area contributed by atoms with Gasteiger partial charge in [-0.25, -0.2) is 0 Å². The van der Waals surface area contributed by atoms with Crippen LogP contribution < -0.4 is 0 Å². The summed E-state index contributed by atoms with van der Waals surface area (Å²) in [4.78, 5) is 0. The van der Waals surface area contributed by atoms with Gasteiger partial charge < -0.3 is 5.16 Å². The van der Waals surface area contributed by atoms with Gasteiger partial charge in [0.15, 0.2) is 0 Å². The predicted octanol–water partition coefficient (Wildman–Crippen LogP) is 5.95. The number of hydrogen-bond acceptors (Lipinski definition) is 1. The van der Waals surface area contributed by atoms with Crippen LogP contribution in [-0.2, 0) is 0 Å². The van der Waals surface area contributed by atoms with Crippen molar-refractivity contribution in [2.24, 2.45) is 0 Å². The molecule has 0 spiro atoms. The van der Waals surface area contributed by atoms with Gasteiger partial charge in [-0.1, -0.05) is 64.7 Å². The SMILES string of the molecule is CCCCCCCCCCCCP(C)(C)=N. The third kappa shape index (κ3) is 14.2. The first-order valence-electron chi connectivity index (χ1n) is 7.14. The lowest BCUT2D eigenvalue weighted by Gasteiger charge is -2.09. The van der Waals surface area contributed by atoms with Crippen molar-refractivity contribution in [3.05, 3.63) is 0 Å². The van der Waals surface area contributed by atoms with E-state index in [2.05, 4.69) is 20.3 Å². The molecule has 0 aliphatic carbocycles. The molecule has 98 valence electrons. The fourth-order valence-corrected chi connectivity index (χ4v) is 3.01. The molecule has 0 atom stereocenters. The van der Waals surface area contributed by atoms with Gasteiger partial charge in [-0.15, -0.1) is 0 Å². The van der Waals surface area contributed by atoms with Crippen LogP contribution in [-0.4, -0.2) is 19.5 Å². The Morgan fingerprint density at radius 1 is 0.688 bits per heavy atom. The lowest BCUT2D eigenvalue weighted by atomic mass is 10.1. The van der Waals surface area contributed by atoms with Crippen LogP contribution in [0.4, 0.5) is 0 Å². The standard InChI is InChI=1S/C14H32NP/c1-4-5-6-7-8-9-10-11-12-13-14-16(2,3)15/h15H,4-14H2,1-3H3. The van der Waals surface area contributed by atoms with Gasteiger partial charge in [-0.05, 0) is 33.0 Å². The summed E-state index contributed by atoms with van der Waals surface area (Å²) in [6.07, 6.45) is 15.2. The molecule has 2 heteroatoms. The minimum absolute atomic E-state index is 1.17. The summed E-state index contributed by atoms with van der Waals surface area (Å²) >= 11 is 0. The zero-order valence-corrected chi connectivity index (χ0v) is 12.6. The molecule has 0 heterocycles. The summed E-state index contributed by atoms with van der Waals surface area (Å²) in [5, 5.41) is 7.85. The van der Waals surface area contributed by atoms with Crippen molar-refractivity contribution in [1.29, 1.82) is 5.16 Å². The first kappa shape index (κ1) is 16.2. The fraction of sp³-hybridized carbons (Fsp3) is 1.00. The molecule has 0 aliphatic rings. The second-order valence-corrected chi connectivity index (χ2v) is 9.41. The van der Waals surface area contributed by atoms with Gasteiger partial charge in [-0.3, -0.25) is 0 Å². The molecule has 0 fully saturated rings. The minimum Gasteiger partial charge on any atom is -0.319 e. The van der Waals surface area contributed by atoms with Gasteiger partial charge in [-0.2, -0.15) is 0 Å². The van der Waals surface area contributed by atoms with Crippen LogP contribution in [0.2, 0.25) is 0 Å². The van der Waals surface area contributed by atoms with Gasteiger partial charge in [0, 0.05) is 0 Å². The predicted molar refractivity (Wildman–Crippen MR) is 78.2 cm³/mol. The molecule has 0 bridgehead atoms. The molecule has 0 radical (unpaired) electrons. The number of hydrogen-bond donors (Lipinski definition) is 1. The van der Waals surface area contributed by atoms with E-state index in [9.17, 15) is 0 Å². The Morgan fingerprint density at radius 3 is 1.44 bits per heavy atom. The molecule has 0 aromatic carbocycles. The molecule has 0 aromatic heterocycles. The highest BCUT2D eigenvalue weighted by Crippen LogP contribution is 2.37. The number of unbranched alkanes of at least 4 members (excludes halogenated alkanes) is 9. The number of rotatable bonds is 11. The summed E-state index contributed by atoms with van der Waals surface area (Å²) in [5.74, 6) is 0. The van der Waals surface area contributed by atoms with E-state index in [1.807, 2.05) is 0 Å². The molecule has 1 nitrogen and oxygen atoms in total. The summed E-state index contributed by atoms with van der Waals surface area (Å²) in [5.41, 5.74) is 0. The highest BCUT2D eigenvalue weighted by molar-refractivity contribution is 7.63. The molecule has 0 amide bonds. The summed E-state index contributed by atoms with van der Waals surface area (Å²) in [7, 11) is -1.24. The molecule has 0 saturated carbocycles. The van der Waals surface area contributed by atoms with Crippen LogP contribution >= 0.6 is 7.05 Å². The fourth-order valence-electron chi connectivity index (χ4n) is 1.99. The molecule has 0 aliphatic heterocycles. The smallest absolute Gasteiger partial charge is 0.0183 e. The highest BCUT2D eigenvalue weighted by Gasteiger charge is 2.00. The van der Waals surface area contributed by atoms with Gasteiger partial charge >= 0.3 is 0 Å². The maximum Gasteiger partial charge on any atom is -0.0183 e. The Kier molecular flexibility index (Phi) is 10.5. The van der Waals surface area contributed by atoms with Crippen molar-refractivity contribution in [3.8, 4) is 0 Å². The van der Waals surface area contributed by atoms with Crippen molar-refractivity contribution >= 4 is 7.05 Å². The normalized spacial score (nSPS) is 11.9. The summed E-state index contributed by atoms with van der Waals surface area (Å²) in [6.45, 7) is 6.53. The Balaban J connectivity index is 3.02. The maximum atomic E-state index is 7.85. The average molecular weight is 245 g/mol. The van der Waals surface area contributed by atoms with Crippen LogP contribution in [0.5, 0.6) is 0 Å². The van der Waals surface area contributed by atoms with E-state index in [1.165, 1.54) is 70.4 Å². The molecule has 0 rings (SSSR count). The maximum absolute atomic E-state index is 7.85. The third-order valence-corrected chi connectivity index (χ3v) is 4.50. The molecule has 0 saturated heterocycles. The molecule has 0 aromatic rings. The van der Waals surface area contributed by atoms with E-state index < -0.39 is 7.05 Å². The quantitative estimate of drug-likeness (QED) is 0.344. The van der Waals surface area contributed by atoms with Crippen LogP contribution in [0.15, 0.2) is 0 Å². The van der Waals surface area contributed by atoms with E-state index in [1.54, 1.807) is 0 Å². The Bertz CT molecular complexity index is 183. The van der Waals surface area contributed by atoms with E-state index in [0.29, 0.717) is 0 Å². The lowest BCUT2D eigenvalue weighted by molar-refractivity contribution is 0.562. The van der Waals surface area contributed by atoms with Crippen LogP contribution in [0, 0.1) is 5.16 Å². The van der Waals surface area contributed by atoms with Gasteiger partial charge in [0.2, 0.25) is 0 Å². The monoisotopic (exact) mass is 245 g/mol. The lowest BCUT2D eigenvalue weighted by Crippen LogP contribution is -1.87. The van der Waals surface area contributed by atoms with Crippen molar-refractivity contribution in [2.75, 3.05) is 19.5 Å². The molecule has 0 unspecified atom stereocenters. The van der Waals surface area contributed by atoms with E-state index in [4.69, 9.17) is 5.16 Å². The first-order chi connectivity index (χ1) is 7.56. The van der Waals surface area contributed by atoms with Crippen molar-refractivity contribution < 1.29 is 0 Å². The summed E-state index contributed by atoms with van der Waals surface area (Å²) < 4.78 is 0. The van der Waals surface area contributed by atoms with Crippen LogP contribution in [0.1, 0.15) is 71.1 Å². The largest absolute Gasteiger partial charge is 0.319 e. The topological polar surface area (TPSA) is 23.9 Å². The zero-order chi connectivity index (χ0) is 12.3. The van der Waals surface area contributed by atoms with Gasteiger partial charge in [0.1, 0.15) is 0 Å². The van der Waals surface area contributed by atoms with E-state index in [0.717, 1.165) is 0 Å². The first-order valence-corrected chi connectivity index (χ1v) is 10.0. The molecule has 1 N–H and O–H groups in total. The van der Waals surface area contributed by atoms with Gasteiger partial charge in [0.25, 0.3) is 0 Å². The van der Waals surface area contributed by atoms with Gasteiger partial charge in [0.05, 0.1) is 0 Å². The van der Waals surface area contributed by atoms with Crippen molar-refractivity contribution in [3.63, 3.8) is 0 Å².